The predicted molar refractivity (Wildman–Crippen MR) is 68.4 cm³/mol. The van der Waals surface area contributed by atoms with Crippen molar-refractivity contribution < 1.29 is 24.7 Å². The van der Waals surface area contributed by atoms with Crippen LogP contribution in [-0.4, -0.2) is 39.8 Å². The summed E-state index contributed by atoms with van der Waals surface area (Å²) in [6.45, 7) is -0.380. The van der Waals surface area contributed by atoms with Gasteiger partial charge < -0.3 is 20.8 Å². The minimum Gasteiger partial charge on any atom is -0.480 e. The molecule has 1 atom stereocenters. The van der Waals surface area contributed by atoms with E-state index < -0.39 is 23.0 Å². The zero-order valence-electron chi connectivity index (χ0n) is 10.3. The van der Waals surface area contributed by atoms with E-state index in [2.05, 4.69) is 10.6 Å². The number of carboxylic acid groups (broad SMARTS) is 1. The Bertz CT molecular complexity index is 501. The summed E-state index contributed by atoms with van der Waals surface area (Å²) in [5.41, 5.74) is 0.154. The number of rotatable bonds is 6. The lowest BCUT2D eigenvalue weighted by Gasteiger charge is -2.13. The van der Waals surface area contributed by atoms with Gasteiger partial charge in [0, 0.05) is 30.8 Å². The fraction of sp³-hybridized carbons (Fsp3) is 0.273. The lowest BCUT2D eigenvalue weighted by atomic mass is 10.2. The summed E-state index contributed by atoms with van der Waals surface area (Å²) >= 11 is 0. The van der Waals surface area contributed by atoms with Crippen LogP contribution in [0, 0.1) is 10.1 Å². The van der Waals surface area contributed by atoms with Crippen molar-refractivity contribution >= 4 is 23.4 Å². The monoisotopic (exact) mass is 283 g/mol. The summed E-state index contributed by atoms with van der Waals surface area (Å²) in [6, 6.07) is 3.06. The van der Waals surface area contributed by atoms with Crippen LogP contribution >= 0.6 is 0 Å². The Labute approximate surface area is 113 Å². The van der Waals surface area contributed by atoms with Crippen molar-refractivity contribution in [2.45, 2.75) is 12.5 Å². The number of hydrogen-bond acceptors (Lipinski definition) is 5. The molecular weight excluding hydrogens is 270 g/mol. The molecule has 20 heavy (non-hydrogen) atoms. The zero-order chi connectivity index (χ0) is 15.1. The summed E-state index contributed by atoms with van der Waals surface area (Å²) in [5, 5.41) is 32.4. The second-order valence-corrected chi connectivity index (χ2v) is 3.81. The van der Waals surface area contributed by atoms with E-state index in [0.717, 1.165) is 0 Å². The first-order valence-electron chi connectivity index (χ1n) is 5.59. The maximum absolute atomic E-state index is 11.5. The molecule has 2 amide bonds. The number of hydrogen-bond donors (Lipinski definition) is 4. The van der Waals surface area contributed by atoms with Gasteiger partial charge in [0.05, 0.1) is 4.92 Å². The maximum Gasteiger partial charge on any atom is 0.326 e. The first kappa shape index (κ1) is 15.4. The van der Waals surface area contributed by atoms with E-state index in [9.17, 15) is 19.7 Å². The minimum atomic E-state index is -1.27. The molecule has 0 spiro atoms. The smallest absolute Gasteiger partial charge is 0.326 e. The van der Waals surface area contributed by atoms with E-state index in [1.54, 1.807) is 0 Å². The summed E-state index contributed by atoms with van der Waals surface area (Å²) in [5.74, 6) is -1.27. The molecule has 0 heterocycles. The highest BCUT2D eigenvalue weighted by molar-refractivity contribution is 5.92. The van der Waals surface area contributed by atoms with Crippen LogP contribution in [0.2, 0.25) is 0 Å². The van der Waals surface area contributed by atoms with Crippen LogP contribution in [-0.2, 0) is 4.79 Å². The lowest BCUT2D eigenvalue weighted by Crippen LogP contribution is -2.43. The molecule has 0 radical (unpaired) electrons. The molecule has 0 aliphatic carbocycles. The highest BCUT2D eigenvalue weighted by Crippen LogP contribution is 2.15. The second kappa shape index (κ2) is 7.04. The van der Waals surface area contributed by atoms with Gasteiger partial charge in [-0.1, -0.05) is 0 Å². The Kier molecular flexibility index (Phi) is 5.42. The molecule has 1 rings (SSSR count). The molecule has 0 bridgehead atoms. The Morgan fingerprint density at radius 2 is 1.90 bits per heavy atom. The number of aliphatic hydroxyl groups is 1. The summed E-state index contributed by atoms with van der Waals surface area (Å²) < 4.78 is 0. The number of nitro benzene ring substituents is 1. The molecular formula is C11H13N3O6. The Morgan fingerprint density at radius 3 is 2.35 bits per heavy atom. The van der Waals surface area contributed by atoms with Gasteiger partial charge in [-0.25, -0.2) is 9.59 Å². The summed E-state index contributed by atoms with van der Waals surface area (Å²) in [6.07, 6.45) is -0.122. The average Bonchev–Trinajstić information content (AvgIpc) is 2.38. The molecule has 9 nitrogen and oxygen atoms in total. The molecule has 0 aliphatic rings. The third-order valence-electron chi connectivity index (χ3n) is 2.36. The predicted octanol–water partition coefficient (Wildman–Crippen LogP) is 0.552. The molecule has 9 heteroatoms. The number of nitro groups is 1. The minimum absolute atomic E-state index is 0.122. The number of benzene rings is 1. The summed E-state index contributed by atoms with van der Waals surface area (Å²) in [4.78, 5) is 32.2. The lowest BCUT2D eigenvalue weighted by molar-refractivity contribution is -0.384. The number of amides is 2. The third-order valence-corrected chi connectivity index (χ3v) is 2.36. The van der Waals surface area contributed by atoms with Crippen molar-refractivity contribution in [3.05, 3.63) is 34.4 Å². The molecule has 0 saturated heterocycles. The number of non-ortho nitro benzene ring substituents is 1. The second-order valence-electron chi connectivity index (χ2n) is 3.81. The molecule has 0 unspecified atom stereocenters. The van der Waals surface area contributed by atoms with E-state index >= 15 is 0 Å². The molecule has 0 fully saturated rings. The van der Waals surface area contributed by atoms with E-state index in [0.29, 0.717) is 0 Å². The quantitative estimate of drug-likeness (QED) is 0.443. The van der Waals surface area contributed by atoms with Crippen LogP contribution in [0.5, 0.6) is 0 Å². The van der Waals surface area contributed by atoms with Gasteiger partial charge in [0.2, 0.25) is 0 Å². The van der Waals surface area contributed by atoms with Gasteiger partial charge in [-0.15, -0.1) is 0 Å². The van der Waals surface area contributed by atoms with Crippen molar-refractivity contribution in [3.8, 4) is 0 Å². The molecule has 1 aromatic rings. The van der Waals surface area contributed by atoms with Gasteiger partial charge in [-0.05, 0) is 12.1 Å². The van der Waals surface area contributed by atoms with E-state index in [1.165, 1.54) is 24.3 Å². The number of nitrogens with zero attached hydrogens (tertiary/aromatic N) is 1. The topological polar surface area (TPSA) is 142 Å². The van der Waals surface area contributed by atoms with Crippen LogP contribution in [0.1, 0.15) is 6.42 Å². The normalized spacial score (nSPS) is 11.4. The first-order valence-corrected chi connectivity index (χ1v) is 5.59. The number of anilines is 1. The number of aliphatic hydroxyl groups excluding tert-OH is 1. The number of carbonyl (C=O) groups is 2. The third kappa shape index (κ3) is 4.53. The van der Waals surface area contributed by atoms with Crippen LogP contribution in [0.4, 0.5) is 16.2 Å². The van der Waals surface area contributed by atoms with Gasteiger partial charge in [-0.3, -0.25) is 10.1 Å². The van der Waals surface area contributed by atoms with E-state index in [4.69, 9.17) is 10.2 Å². The van der Waals surface area contributed by atoms with Crippen molar-refractivity contribution in [1.29, 1.82) is 0 Å². The molecule has 108 valence electrons. The van der Waals surface area contributed by atoms with Gasteiger partial charge in [0.15, 0.2) is 0 Å². The van der Waals surface area contributed by atoms with Crippen molar-refractivity contribution in [3.63, 3.8) is 0 Å². The number of aliphatic carboxylic acids is 1. The molecule has 4 N–H and O–H groups in total. The SMILES string of the molecule is O=C(Nc1ccc([N+](=O)[O-])cc1)N[C@H](CCO)C(=O)O. The van der Waals surface area contributed by atoms with Gasteiger partial charge in [-0.2, -0.15) is 0 Å². The zero-order valence-corrected chi connectivity index (χ0v) is 10.3. The van der Waals surface area contributed by atoms with Gasteiger partial charge >= 0.3 is 12.0 Å². The van der Waals surface area contributed by atoms with Crippen LogP contribution < -0.4 is 10.6 Å². The fourth-order valence-electron chi connectivity index (χ4n) is 1.38. The molecule has 0 aromatic heterocycles. The Balaban J connectivity index is 2.61. The highest BCUT2D eigenvalue weighted by Gasteiger charge is 2.19. The number of nitrogens with one attached hydrogen (secondary N) is 2. The Morgan fingerprint density at radius 1 is 1.30 bits per heavy atom. The molecule has 0 saturated carbocycles. The molecule has 0 aliphatic heterocycles. The van der Waals surface area contributed by atoms with Gasteiger partial charge in [0.1, 0.15) is 6.04 Å². The van der Waals surface area contributed by atoms with Crippen LogP contribution in [0.25, 0.3) is 0 Å². The van der Waals surface area contributed by atoms with Gasteiger partial charge in [0.25, 0.3) is 5.69 Å². The number of carbonyl (C=O) groups excluding carboxylic acids is 1. The first-order chi connectivity index (χ1) is 9.43. The standard InChI is InChI=1S/C11H13N3O6/c15-6-5-9(10(16)17)13-11(18)12-7-1-3-8(4-2-7)14(19)20/h1-4,9,15H,5-6H2,(H,16,17)(H2,12,13,18)/t9-/m1/s1. The Hall–Kier alpha value is -2.68. The molecule has 1 aromatic carbocycles. The van der Waals surface area contributed by atoms with Crippen molar-refractivity contribution in [2.75, 3.05) is 11.9 Å². The number of urea groups is 1. The summed E-state index contributed by atoms with van der Waals surface area (Å²) in [7, 11) is 0. The van der Waals surface area contributed by atoms with Crippen LogP contribution in [0.15, 0.2) is 24.3 Å². The average molecular weight is 283 g/mol. The fourth-order valence-corrected chi connectivity index (χ4v) is 1.38. The van der Waals surface area contributed by atoms with Crippen LogP contribution in [0.3, 0.4) is 0 Å². The number of carboxylic acids is 1. The van der Waals surface area contributed by atoms with E-state index in [-0.39, 0.29) is 24.4 Å². The van der Waals surface area contributed by atoms with E-state index in [1.807, 2.05) is 0 Å². The van der Waals surface area contributed by atoms with Crippen molar-refractivity contribution in [1.82, 2.24) is 5.32 Å². The highest BCUT2D eigenvalue weighted by atomic mass is 16.6. The largest absolute Gasteiger partial charge is 0.480 e. The van der Waals surface area contributed by atoms with Crippen molar-refractivity contribution in [2.24, 2.45) is 0 Å². The maximum atomic E-state index is 11.5.